The Balaban J connectivity index is 1.92. The number of carbonyl (C=O) groups is 1. The van der Waals surface area contributed by atoms with Crippen LogP contribution in [0.5, 0.6) is 0 Å². The van der Waals surface area contributed by atoms with Gasteiger partial charge in [-0.1, -0.05) is 42.2 Å². The second-order valence-corrected chi connectivity index (χ2v) is 10.3. The molecule has 1 amide bonds. The lowest BCUT2D eigenvalue weighted by atomic mass is 9.79. The molecule has 0 atom stereocenters. The van der Waals surface area contributed by atoms with Crippen molar-refractivity contribution in [3.05, 3.63) is 40.3 Å². The first-order valence-electron chi connectivity index (χ1n) is 9.02. The molecule has 2 fully saturated rings. The first-order chi connectivity index (χ1) is 12.8. The van der Waals surface area contributed by atoms with Gasteiger partial charge in [-0.15, -0.1) is 0 Å². The number of piperidine rings is 1. The van der Waals surface area contributed by atoms with Gasteiger partial charge in [0.2, 0.25) is 0 Å². The van der Waals surface area contributed by atoms with Crippen LogP contribution >= 0.6 is 24.0 Å². The number of benzene rings is 1. The van der Waals surface area contributed by atoms with Crippen LogP contribution in [0.4, 0.5) is 13.2 Å². The molecule has 1 N–H and O–H groups in total. The van der Waals surface area contributed by atoms with Crippen molar-refractivity contribution in [2.24, 2.45) is 0 Å². The molecule has 2 saturated heterocycles. The highest BCUT2D eigenvalue weighted by Crippen LogP contribution is 2.41. The minimum absolute atomic E-state index is 0.0264. The van der Waals surface area contributed by atoms with Gasteiger partial charge in [0.1, 0.15) is 4.32 Å². The Morgan fingerprint density at radius 3 is 2.32 bits per heavy atom. The molecule has 3 rings (SSSR count). The highest BCUT2D eigenvalue weighted by molar-refractivity contribution is 8.26. The van der Waals surface area contributed by atoms with Crippen LogP contribution in [0.2, 0.25) is 0 Å². The summed E-state index contributed by atoms with van der Waals surface area (Å²) >= 11 is 6.50. The van der Waals surface area contributed by atoms with E-state index >= 15 is 0 Å². The van der Waals surface area contributed by atoms with E-state index < -0.39 is 11.7 Å². The second kappa shape index (κ2) is 7.15. The number of alkyl halides is 3. The maximum atomic E-state index is 13.3. The average Bonchev–Trinajstić information content (AvgIpc) is 2.77. The number of thioether (sulfide) groups is 1. The predicted molar refractivity (Wildman–Crippen MR) is 111 cm³/mol. The maximum Gasteiger partial charge on any atom is 0.416 e. The van der Waals surface area contributed by atoms with Gasteiger partial charge in [-0.2, -0.15) is 13.2 Å². The highest BCUT2D eigenvalue weighted by Gasteiger charge is 2.45. The van der Waals surface area contributed by atoms with Crippen molar-refractivity contribution in [1.82, 2.24) is 10.2 Å². The number of thiocarbonyl (C=S) groups is 1. The van der Waals surface area contributed by atoms with Crippen molar-refractivity contribution in [3.63, 3.8) is 0 Å². The lowest BCUT2D eigenvalue weighted by molar-refractivity contribution is -0.137. The quantitative estimate of drug-likeness (QED) is 0.517. The molecule has 0 aliphatic carbocycles. The van der Waals surface area contributed by atoms with Crippen LogP contribution in [0.3, 0.4) is 0 Å². The van der Waals surface area contributed by atoms with E-state index in [1.54, 1.807) is 4.90 Å². The van der Waals surface area contributed by atoms with Gasteiger partial charge in [-0.25, -0.2) is 0 Å². The van der Waals surface area contributed by atoms with E-state index in [0.717, 1.165) is 30.7 Å². The van der Waals surface area contributed by atoms with Crippen LogP contribution in [0.1, 0.15) is 51.7 Å². The Kier molecular flexibility index (Phi) is 5.44. The van der Waals surface area contributed by atoms with E-state index in [1.165, 1.54) is 24.3 Å². The summed E-state index contributed by atoms with van der Waals surface area (Å²) in [6.45, 7) is 8.31. The fourth-order valence-electron chi connectivity index (χ4n) is 4.27. The monoisotopic (exact) mass is 428 g/mol. The van der Waals surface area contributed by atoms with Crippen LogP contribution in [-0.4, -0.2) is 32.2 Å². The summed E-state index contributed by atoms with van der Waals surface area (Å²) in [5.41, 5.74) is -1.14. The zero-order valence-corrected chi connectivity index (χ0v) is 17.8. The van der Waals surface area contributed by atoms with E-state index in [2.05, 4.69) is 33.0 Å². The molecule has 0 saturated carbocycles. The summed E-state index contributed by atoms with van der Waals surface area (Å²) in [7, 11) is 0. The third kappa shape index (κ3) is 4.44. The minimum Gasteiger partial charge on any atom is -0.307 e. The van der Waals surface area contributed by atoms with E-state index in [-0.39, 0.29) is 33.5 Å². The summed E-state index contributed by atoms with van der Waals surface area (Å²) in [4.78, 5) is 14.9. The molecule has 0 radical (unpaired) electrons. The lowest BCUT2D eigenvalue weighted by Gasteiger charge is -2.48. The van der Waals surface area contributed by atoms with Crippen LogP contribution in [0.25, 0.3) is 6.08 Å². The molecular formula is C20H23F3N2OS2. The van der Waals surface area contributed by atoms with Gasteiger partial charge in [-0.05, 0) is 58.2 Å². The molecule has 2 aliphatic rings. The van der Waals surface area contributed by atoms with Crippen LogP contribution in [0, 0.1) is 0 Å². The van der Waals surface area contributed by atoms with Gasteiger partial charge in [0.15, 0.2) is 0 Å². The number of halogens is 3. The molecule has 0 aromatic heterocycles. The van der Waals surface area contributed by atoms with Crippen molar-refractivity contribution in [3.8, 4) is 0 Å². The van der Waals surface area contributed by atoms with Crippen LogP contribution < -0.4 is 5.32 Å². The van der Waals surface area contributed by atoms with Crippen LogP contribution in [0.15, 0.2) is 29.2 Å². The first kappa shape index (κ1) is 21.3. The first-order valence-corrected chi connectivity index (χ1v) is 10.2. The number of nitrogens with one attached hydrogen (secondary N) is 1. The smallest absolute Gasteiger partial charge is 0.307 e. The SMILES string of the molecule is CC1(C)CC(N2C(=O)C(=Cc3ccccc3C(F)(F)F)SC2=S)CC(C)(C)N1. The fourth-order valence-corrected chi connectivity index (χ4v) is 5.66. The van der Waals surface area contributed by atoms with Gasteiger partial charge < -0.3 is 5.32 Å². The average molecular weight is 429 g/mol. The molecule has 28 heavy (non-hydrogen) atoms. The van der Waals surface area contributed by atoms with Crippen LogP contribution in [-0.2, 0) is 11.0 Å². The summed E-state index contributed by atoms with van der Waals surface area (Å²) < 4.78 is 40.2. The van der Waals surface area contributed by atoms with Gasteiger partial charge in [-0.3, -0.25) is 9.69 Å². The number of hydrogen-bond acceptors (Lipinski definition) is 4. The molecule has 2 aliphatic heterocycles. The maximum absolute atomic E-state index is 13.3. The second-order valence-electron chi connectivity index (χ2n) is 8.59. The normalized spacial score (nSPS) is 24.2. The Labute approximate surface area is 172 Å². The van der Waals surface area contributed by atoms with Gasteiger partial charge in [0.25, 0.3) is 5.91 Å². The zero-order valence-electron chi connectivity index (χ0n) is 16.2. The lowest BCUT2D eigenvalue weighted by Crippen LogP contribution is -2.62. The van der Waals surface area contributed by atoms with Gasteiger partial charge in [0.05, 0.1) is 10.5 Å². The third-order valence-corrected chi connectivity index (χ3v) is 6.24. The standard InChI is InChI=1S/C20H23F3N2OS2/c1-18(2)10-13(11-19(3,4)24-18)25-16(26)15(28-17(25)27)9-12-7-5-6-8-14(12)20(21,22)23/h5-9,13,24H,10-11H2,1-4H3. The van der Waals surface area contributed by atoms with E-state index in [1.807, 2.05) is 0 Å². The molecule has 3 nitrogen and oxygen atoms in total. The molecule has 0 spiro atoms. The largest absolute Gasteiger partial charge is 0.416 e. The Hall–Kier alpha value is -1.38. The molecule has 152 valence electrons. The number of nitrogens with zero attached hydrogens (tertiary/aromatic N) is 1. The molecule has 2 heterocycles. The van der Waals surface area contributed by atoms with Crippen molar-refractivity contribution in [2.75, 3.05) is 0 Å². The van der Waals surface area contributed by atoms with Crippen molar-refractivity contribution >= 4 is 40.3 Å². The Morgan fingerprint density at radius 2 is 1.75 bits per heavy atom. The van der Waals surface area contributed by atoms with E-state index in [0.29, 0.717) is 4.32 Å². The zero-order chi connectivity index (χ0) is 20.9. The Morgan fingerprint density at radius 1 is 1.18 bits per heavy atom. The van der Waals surface area contributed by atoms with E-state index in [9.17, 15) is 18.0 Å². The number of amides is 1. The van der Waals surface area contributed by atoms with Gasteiger partial charge in [0, 0.05) is 17.1 Å². The fraction of sp³-hybridized carbons (Fsp3) is 0.500. The molecule has 0 unspecified atom stereocenters. The number of rotatable bonds is 2. The molecule has 1 aromatic carbocycles. The molecule has 0 bridgehead atoms. The number of hydrogen-bond donors (Lipinski definition) is 1. The summed E-state index contributed by atoms with van der Waals surface area (Å²) in [6, 6.07) is 5.16. The minimum atomic E-state index is -4.48. The summed E-state index contributed by atoms with van der Waals surface area (Å²) in [5, 5.41) is 3.56. The summed E-state index contributed by atoms with van der Waals surface area (Å²) in [5.74, 6) is -0.314. The topological polar surface area (TPSA) is 32.3 Å². The third-order valence-electron chi connectivity index (χ3n) is 4.91. The predicted octanol–water partition coefficient (Wildman–Crippen LogP) is 5.22. The van der Waals surface area contributed by atoms with Crippen molar-refractivity contribution < 1.29 is 18.0 Å². The number of carbonyl (C=O) groups excluding carboxylic acids is 1. The molecule has 8 heteroatoms. The van der Waals surface area contributed by atoms with Gasteiger partial charge >= 0.3 is 6.18 Å². The molecule has 1 aromatic rings. The highest BCUT2D eigenvalue weighted by atomic mass is 32.2. The Bertz CT molecular complexity index is 830. The summed E-state index contributed by atoms with van der Waals surface area (Å²) in [6.07, 6.45) is -1.74. The van der Waals surface area contributed by atoms with Crippen molar-refractivity contribution in [2.45, 2.75) is 63.8 Å². The van der Waals surface area contributed by atoms with E-state index in [4.69, 9.17) is 12.2 Å². The molecular weight excluding hydrogens is 405 g/mol. The van der Waals surface area contributed by atoms with Crippen molar-refractivity contribution in [1.29, 1.82) is 0 Å².